The number of aliphatic carboxylic acids is 1. The number of carboxylic acid groups (broad SMARTS) is 1. The first kappa shape index (κ1) is 12.4. The molecule has 0 aliphatic heterocycles. The fourth-order valence-corrected chi connectivity index (χ4v) is 1.78. The van der Waals surface area contributed by atoms with Crippen molar-refractivity contribution in [2.75, 3.05) is 0 Å². The molecule has 0 saturated carbocycles. The number of nitrogens with one attached hydrogen (secondary N) is 1. The normalized spacial score (nSPS) is 10.6. The van der Waals surface area contributed by atoms with Crippen molar-refractivity contribution < 1.29 is 9.90 Å². The molecule has 1 aromatic carbocycles. The summed E-state index contributed by atoms with van der Waals surface area (Å²) >= 11 is 0. The summed E-state index contributed by atoms with van der Waals surface area (Å²) in [6.07, 6.45) is 0.599. The fourth-order valence-electron chi connectivity index (χ4n) is 1.78. The molecule has 2 aromatic rings. The average molecular weight is 244 g/mol. The minimum atomic E-state index is -0.794. The maximum Gasteiger partial charge on any atom is 0.303 e. The summed E-state index contributed by atoms with van der Waals surface area (Å²) < 4.78 is 0. The zero-order valence-electron chi connectivity index (χ0n) is 10.5. The van der Waals surface area contributed by atoms with Gasteiger partial charge in [-0.25, -0.2) is 0 Å². The van der Waals surface area contributed by atoms with Gasteiger partial charge in [-0.2, -0.15) is 5.10 Å². The van der Waals surface area contributed by atoms with Crippen molar-refractivity contribution in [3.63, 3.8) is 0 Å². The van der Waals surface area contributed by atoms with Gasteiger partial charge < -0.3 is 5.11 Å². The molecule has 0 saturated heterocycles. The summed E-state index contributed by atoms with van der Waals surface area (Å²) in [7, 11) is 0. The molecule has 4 nitrogen and oxygen atoms in total. The monoisotopic (exact) mass is 244 g/mol. The van der Waals surface area contributed by atoms with Crippen molar-refractivity contribution >= 4 is 5.97 Å². The van der Waals surface area contributed by atoms with Crippen molar-refractivity contribution in [3.05, 3.63) is 41.1 Å². The lowest BCUT2D eigenvalue weighted by Gasteiger charge is -2.01. The van der Waals surface area contributed by atoms with Crippen LogP contribution in [0.25, 0.3) is 11.3 Å². The van der Waals surface area contributed by atoms with Gasteiger partial charge in [-0.05, 0) is 43.5 Å². The number of carbonyl (C=O) groups is 1. The molecule has 18 heavy (non-hydrogen) atoms. The van der Waals surface area contributed by atoms with Crippen LogP contribution in [0, 0.1) is 13.8 Å². The first-order valence-corrected chi connectivity index (χ1v) is 5.90. The van der Waals surface area contributed by atoms with Crippen molar-refractivity contribution in [3.8, 4) is 11.3 Å². The molecule has 0 bridgehead atoms. The Balaban J connectivity index is 2.18. The third kappa shape index (κ3) is 2.77. The molecule has 1 aromatic heterocycles. The largest absolute Gasteiger partial charge is 0.481 e. The lowest BCUT2D eigenvalue weighted by molar-refractivity contribution is -0.136. The lowest BCUT2D eigenvalue weighted by atomic mass is 10.0. The van der Waals surface area contributed by atoms with Crippen LogP contribution in [0.1, 0.15) is 23.2 Å². The Morgan fingerprint density at radius 3 is 2.72 bits per heavy atom. The number of hydrogen-bond donors (Lipinski definition) is 2. The van der Waals surface area contributed by atoms with Gasteiger partial charge in [0.2, 0.25) is 0 Å². The number of aromatic amines is 1. The Labute approximate surface area is 106 Å². The van der Waals surface area contributed by atoms with Crippen LogP contribution in [-0.2, 0) is 11.2 Å². The van der Waals surface area contributed by atoms with E-state index in [4.69, 9.17) is 5.11 Å². The van der Waals surface area contributed by atoms with Crippen LogP contribution in [-0.4, -0.2) is 21.3 Å². The average Bonchev–Trinajstić information content (AvgIpc) is 2.79. The number of carboxylic acids is 1. The third-order valence-electron chi connectivity index (χ3n) is 3.04. The van der Waals surface area contributed by atoms with Gasteiger partial charge in [-0.15, -0.1) is 0 Å². The second-order valence-electron chi connectivity index (χ2n) is 4.47. The van der Waals surface area contributed by atoms with E-state index in [0.717, 1.165) is 17.0 Å². The summed E-state index contributed by atoms with van der Waals surface area (Å²) in [5, 5.41) is 15.7. The van der Waals surface area contributed by atoms with E-state index in [0.29, 0.717) is 6.42 Å². The lowest BCUT2D eigenvalue weighted by Crippen LogP contribution is -1.97. The zero-order chi connectivity index (χ0) is 13.1. The quantitative estimate of drug-likeness (QED) is 0.869. The van der Waals surface area contributed by atoms with Crippen LogP contribution in [0.3, 0.4) is 0 Å². The molecule has 0 aliphatic carbocycles. The smallest absolute Gasteiger partial charge is 0.303 e. The third-order valence-corrected chi connectivity index (χ3v) is 3.04. The molecule has 2 N–H and O–H groups in total. The maximum absolute atomic E-state index is 10.5. The molecule has 0 amide bonds. The number of benzene rings is 1. The Kier molecular flexibility index (Phi) is 3.46. The second-order valence-corrected chi connectivity index (χ2v) is 4.47. The Bertz CT molecular complexity index is 573. The Morgan fingerprint density at radius 2 is 2.06 bits per heavy atom. The first-order chi connectivity index (χ1) is 8.56. The van der Waals surface area contributed by atoms with E-state index in [1.165, 1.54) is 11.1 Å². The molecule has 0 radical (unpaired) electrons. The Morgan fingerprint density at radius 1 is 1.28 bits per heavy atom. The molecule has 1 heterocycles. The van der Waals surface area contributed by atoms with Crippen LogP contribution in [0.15, 0.2) is 24.3 Å². The molecule has 0 fully saturated rings. The van der Waals surface area contributed by atoms with Crippen molar-refractivity contribution in [1.82, 2.24) is 10.2 Å². The summed E-state index contributed by atoms with van der Waals surface area (Å²) in [6, 6.07) is 8.09. The standard InChI is InChI=1S/C14H16N2O2/c1-9-3-4-11(7-10(9)2)13-8-12(15-16-13)5-6-14(17)18/h3-4,7-8H,5-6H2,1-2H3,(H,15,16)(H,17,18). The maximum atomic E-state index is 10.5. The van der Waals surface area contributed by atoms with Gasteiger partial charge in [0.25, 0.3) is 0 Å². The number of nitrogens with zero attached hydrogens (tertiary/aromatic N) is 1. The van der Waals surface area contributed by atoms with Crippen LogP contribution >= 0.6 is 0 Å². The molecule has 0 spiro atoms. The first-order valence-electron chi connectivity index (χ1n) is 5.90. The molecule has 2 rings (SSSR count). The van der Waals surface area contributed by atoms with Crippen LogP contribution < -0.4 is 0 Å². The van der Waals surface area contributed by atoms with E-state index in [1.54, 1.807) is 0 Å². The Hall–Kier alpha value is -2.10. The summed E-state index contributed by atoms with van der Waals surface area (Å²) in [4.78, 5) is 10.5. The predicted molar refractivity (Wildman–Crippen MR) is 69.5 cm³/mol. The van der Waals surface area contributed by atoms with Crippen LogP contribution in [0.5, 0.6) is 0 Å². The summed E-state index contributed by atoms with van der Waals surface area (Å²) in [5.41, 5.74) is 5.24. The summed E-state index contributed by atoms with van der Waals surface area (Å²) in [6.45, 7) is 4.14. The number of rotatable bonds is 4. The van der Waals surface area contributed by atoms with Crippen molar-refractivity contribution in [2.45, 2.75) is 26.7 Å². The number of aromatic nitrogens is 2. The van der Waals surface area contributed by atoms with E-state index >= 15 is 0 Å². The van der Waals surface area contributed by atoms with E-state index in [9.17, 15) is 4.79 Å². The molecule has 0 unspecified atom stereocenters. The molecular weight excluding hydrogens is 228 g/mol. The van der Waals surface area contributed by atoms with Gasteiger partial charge in [-0.3, -0.25) is 9.89 Å². The van der Waals surface area contributed by atoms with E-state index < -0.39 is 5.97 Å². The minimum absolute atomic E-state index is 0.120. The van der Waals surface area contributed by atoms with Crippen molar-refractivity contribution in [2.24, 2.45) is 0 Å². The SMILES string of the molecule is Cc1ccc(-c2cc(CCC(=O)O)[nH]n2)cc1C. The van der Waals surface area contributed by atoms with Gasteiger partial charge in [0.1, 0.15) is 0 Å². The molecule has 0 aliphatic rings. The molecule has 4 heteroatoms. The van der Waals surface area contributed by atoms with Crippen LogP contribution in [0.2, 0.25) is 0 Å². The predicted octanol–water partition coefficient (Wildman–Crippen LogP) is 2.71. The summed E-state index contributed by atoms with van der Waals surface area (Å²) in [5.74, 6) is -0.794. The van der Waals surface area contributed by atoms with Gasteiger partial charge in [-0.1, -0.05) is 12.1 Å². The van der Waals surface area contributed by atoms with Gasteiger partial charge in [0.05, 0.1) is 12.1 Å². The minimum Gasteiger partial charge on any atom is -0.481 e. The highest BCUT2D eigenvalue weighted by molar-refractivity contribution is 5.67. The van der Waals surface area contributed by atoms with Gasteiger partial charge in [0.15, 0.2) is 0 Å². The second kappa shape index (κ2) is 5.04. The fraction of sp³-hybridized carbons (Fsp3) is 0.286. The highest BCUT2D eigenvalue weighted by Crippen LogP contribution is 2.21. The number of aryl methyl sites for hydroxylation is 3. The van der Waals surface area contributed by atoms with E-state index in [2.05, 4.69) is 36.2 Å². The van der Waals surface area contributed by atoms with E-state index in [-0.39, 0.29) is 6.42 Å². The molecule has 94 valence electrons. The van der Waals surface area contributed by atoms with Crippen molar-refractivity contribution in [1.29, 1.82) is 0 Å². The topological polar surface area (TPSA) is 66.0 Å². The van der Waals surface area contributed by atoms with Crippen LogP contribution in [0.4, 0.5) is 0 Å². The number of H-pyrrole nitrogens is 1. The molecular formula is C14H16N2O2. The number of hydrogen-bond acceptors (Lipinski definition) is 2. The highest BCUT2D eigenvalue weighted by atomic mass is 16.4. The van der Waals surface area contributed by atoms with E-state index in [1.807, 2.05) is 12.1 Å². The van der Waals surface area contributed by atoms with Gasteiger partial charge >= 0.3 is 5.97 Å². The van der Waals surface area contributed by atoms with Gasteiger partial charge in [0, 0.05) is 11.3 Å². The zero-order valence-corrected chi connectivity index (χ0v) is 10.5. The molecule has 0 atom stereocenters. The highest BCUT2D eigenvalue weighted by Gasteiger charge is 2.06.